The van der Waals surface area contributed by atoms with Crippen LogP contribution < -0.4 is 5.32 Å². The first-order valence-electron chi connectivity index (χ1n) is 10.4. The lowest BCUT2D eigenvalue weighted by Crippen LogP contribution is -2.47. The van der Waals surface area contributed by atoms with E-state index in [-0.39, 0.29) is 0 Å². The summed E-state index contributed by atoms with van der Waals surface area (Å²) in [6.07, 6.45) is 9.13. The maximum absolute atomic E-state index is 4.39. The molecule has 1 aromatic carbocycles. The van der Waals surface area contributed by atoms with Gasteiger partial charge in [-0.3, -0.25) is 0 Å². The lowest BCUT2D eigenvalue weighted by molar-refractivity contribution is 0.132. The number of aryl methyl sites for hydroxylation is 1. The fourth-order valence-electron chi connectivity index (χ4n) is 5.11. The minimum absolute atomic E-state index is 0.809. The van der Waals surface area contributed by atoms with Crippen LogP contribution in [0, 0.1) is 18.8 Å². The van der Waals surface area contributed by atoms with Crippen molar-refractivity contribution in [3.8, 4) is 0 Å². The van der Waals surface area contributed by atoms with Gasteiger partial charge in [-0.2, -0.15) is 0 Å². The predicted molar refractivity (Wildman–Crippen MR) is 109 cm³/mol. The Kier molecular flexibility index (Phi) is 5.21. The van der Waals surface area contributed by atoms with Crippen LogP contribution >= 0.6 is 0 Å². The van der Waals surface area contributed by atoms with Crippen LogP contribution in [0.15, 0.2) is 24.4 Å². The third-order valence-corrected chi connectivity index (χ3v) is 6.77. The van der Waals surface area contributed by atoms with E-state index in [0.717, 1.165) is 11.8 Å². The Morgan fingerprint density at radius 1 is 1.32 bits per heavy atom. The van der Waals surface area contributed by atoms with Crippen molar-refractivity contribution >= 4 is 7.28 Å². The van der Waals surface area contributed by atoms with Gasteiger partial charge in [0.2, 0.25) is 0 Å². The second-order valence-corrected chi connectivity index (χ2v) is 8.65. The van der Waals surface area contributed by atoms with Crippen LogP contribution in [0.5, 0.6) is 0 Å². The van der Waals surface area contributed by atoms with Gasteiger partial charge in [0.15, 0.2) is 0 Å². The molecule has 3 aliphatic heterocycles. The van der Waals surface area contributed by atoms with E-state index < -0.39 is 0 Å². The van der Waals surface area contributed by atoms with E-state index >= 15 is 0 Å². The molecule has 1 aromatic rings. The molecule has 1 N–H and O–H groups in total. The predicted octanol–water partition coefficient (Wildman–Crippen LogP) is 3.28. The maximum atomic E-state index is 4.39. The molecule has 0 amide bonds. The van der Waals surface area contributed by atoms with Gasteiger partial charge in [0.1, 0.15) is 7.28 Å². The summed E-state index contributed by atoms with van der Waals surface area (Å²) in [5, 5.41) is 3.53. The van der Waals surface area contributed by atoms with Crippen molar-refractivity contribution in [2.75, 3.05) is 26.2 Å². The van der Waals surface area contributed by atoms with Gasteiger partial charge in [0.25, 0.3) is 0 Å². The molecule has 25 heavy (non-hydrogen) atoms. The van der Waals surface area contributed by atoms with Gasteiger partial charge in [-0.05, 0) is 86.2 Å². The third kappa shape index (κ3) is 3.82. The Labute approximate surface area is 154 Å². The SMILES string of the molecule is C=C(CC1CCCNC1)N1CC(Cc2ccc3c(c2C)CBCC3)C1. The van der Waals surface area contributed by atoms with Crippen LogP contribution in [0.3, 0.4) is 0 Å². The van der Waals surface area contributed by atoms with Crippen molar-refractivity contribution in [3.05, 3.63) is 46.7 Å². The van der Waals surface area contributed by atoms with E-state index in [4.69, 9.17) is 0 Å². The molecule has 1 atom stereocenters. The minimum atomic E-state index is 0.809. The zero-order valence-electron chi connectivity index (χ0n) is 15.9. The lowest BCUT2D eigenvalue weighted by atomic mass is 9.61. The number of piperidine rings is 1. The largest absolute Gasteiger partial charge is 0.375 e. The molecule has 0 aliphatic carbocycles. The highest BCUT2D eigenvalue weighted by atomic mass is 15.2. The fourth-order valence-corrected chi connectivity index (χ4v) is 5.11. The van der Waals surface area contributed by atoms with Gasteiger partial charge in [0.05, 0.1) is 0 Å². The summed E-state index contributed by atoms with van der Waals surface area (Å²) in [5.74, 6) is 1.63. The van der Waals surface area contributed by atoms with Crippen molar-refractivity contribution in [3.63, 3.8) is 0 Å². The molecule has 2 nitrogen and oxygen atoms in total. The first-order valence-corrected chi connectivity index (χ1v) is 10.4. The summed E-state index contributed by atoms with van der Waals surface area (Å²) >= 11 is 0. The number of nitrogens with one attached hydrogen (secondary N) is 1. The highest BCUT2D eigenvalue weighted by Crippen LogP contribution is 2.31. The van der Waals surface area contributed by atoms with Crippen molar-refractivity contribution < 1.29 is 0 Å². The standard InChI is InChI=1S/C22H33BN2/c1-16(10-18-4-3-9-24-13-18)25-14-19(15-25)11-21-6-5-20-7-8-23-12-22(20)17(21)2/h5-6,18-19,23-24H,1,3-4,7-15H2,2H3. The van der Waals surface area contributed by atoms with E-state index in [1.165, 1.54) is 83.9 Å². The molecule has 0 aromatic heterocycles. The van der Waals surface area contributed by atoms with Gasteiger partial charge < -0.3 is 10.2 Å². The Balaban J connectivity index is 1.29. The number of rotatable bonds is 5. The molecular weight excluding hydrogens is 303 g/mol. The van der Waals surface area contributed by atoms with Crippen LogP contribution in [0.1, 0.15) is 41.5 Å². The van der Waals surface area contributed by atoms with Gasteiger partial charge in [-0.1, -0.05) is 31.4 Å². The van der Waals surface area contributed by atoms with Gasteiger partial charge in [-0.25, -0.2) is 0 Å². The van der Waals surface area contributed by atoms with Crippen molar-refractivity contribution in [1.82, 2.24) is 10.2 Å². The van der Waals surface area contributed by atoms with Crippen LogP contribution in [0.4, 0.5) is 0 Å². The first-order chi connectivity index (χ1) is 12.2. The number of fused-ring (bicyclic) bond motifs is 1. The average Bonchev–Trinajstić information content (AvgIpc) is 2.60. The summed E-state index contributed by atoms with van der Waals surface area (Å²) in [4.78, 5) is 2.53. The number of allylic oxidation sites excluding steroid dienone is 1. The Morgan fingerprint density at radius 3 is 3.00 bits per heavy atom. The lowest BCUT2D eigenvalue weighted by Gasteiger charge is -2.43. The summed E-state index contributed by atoms with van der Waals surface area (Å²) in [6.45, 7) is 11.6. The van der Waals surface area contributed by atoms with Gasteiger partial charge in [0, 0.05) is 18.8 Å². The van der Waals surface area contributed by atoms with Crippen molar-refractivity contribution in [2.24, 2.45) is 11.8 Å². The number of hydrogen-bond donors (Lipinski definition) is 1. The van der Waals surface area contributed by atoms with Crippen LogP contribution in [-0.4, -0.2) is 38.4 Å². The molecule has 1 unspecified atom stereocenters. The van der Waals surface area contributed by atoms with E-state index in [2.05, 4.69) is 35.9 Å². The molecule has 134 valence electrons. The summed E-state index contributed by atoms with van der Waals surface area (Å²) < 4.78 is 0. The van der Waals surface area contributed by atoms with Gasteiger partial charge >= 0.3 is 0 Å². The minimum Gasteiger partial charge on any atom is -0.375 e. The van der Waals surface area contributed by atoms with E-state index in [0.29, 0.717) is 0 Å². The molecule has 0 saturated carbocycles. The van der Waals surface area contributed by atoms with Crippen molar-refractivity contribution in [2.45, 2.75) is 51.7 Å². The Hall–Kier alpha value is -1.22. The first kappa shape index (κ1) is 17.2. The molecule has 4 rings (SSSR count). The van der Waals surface area contributed by atoms with E-state index in [1.807, 2.05) is 0 Å². The molecule has 3 heterocycles. The molecule has 2 saturated heterocycles. The summed E-state index contributed by atoms with van der Waals surface area (Å²) in [7, 11) is 1.38. The van der Waals surface area contributed by atoms with Gasteiger partial charge in [-0.15, -0.1) is 0 Å². The third-order valence-electron chi connectivity index (χ3n) is 6.77. The topological polar surface area (TPSA) is 15.3 Å². The number of hydrogen-bond acceptors (Lipinski definition) is 2. The number of nitrogens with zero attached hydrogens (tertiary/aromatic N) is 1. The Bertz CT molecular complexity index is 627. The molecule has 0 radical (unpaired) electrons. The fraction of sp³-hybridized carbons (Fsp3) is 0.636. The smallest absolute Gasteiger partial charge is 0.126 e. The molecule has 3 heteroatoms. The zero-order valence-corrected chi connectivity index (χ0v) is 15.9. The average molecular weight is 336 g/mol. The van der Waals surface area contributed by atoms with E-state index in [9.17, 15) is 0 Å². The highest BCUT2D eigenvalue weighted by molar-refractivity contribution is 6.35. The molecule has 0 bridgehead atoms. The normalized spacial score (nSPS) is 23.6. The van der Waals surface area contributed by atoms with Crippen LogP contribution in [0.2, 0.25) is 6.32 Å². The second kappa shape index (κ2) is 7.57. The van der Waals surface area contributed by atoms with Crippen molar-refractivity contribution in [1.29, 1.82) is 0 Å². The molecule has 2 fully saturated rings. The van der Waals surface area contributed by atoms with E-state index in [1.54, 1.807) is 22.3 Å². The number of benzene rings is 1. The number of likely N-dealkylation sites (tertiary alicyclic amines) is 1. The highest BCUT2D eigenvalue weighted by Gasteiger charge is 2.29. The quantitative estimate of drug-likeness (QED) is 0.830. The Morgan fingerprint density at radius 2 is 2.20 bits per heavy atom. The molecular formula is C22H33BN2. The summed E-state index contributed by atoms with van der Waals surface area (Å²) in [5.41, 5.74) is 7.88. The zero-order chi connectivity index (χ0) is 17.2. The summed E-state index contributed by atoms with van der Waals surface area (Å²) in [6, 6.07) is 4.84. The maximum Gasteiger partial charge on any atom is 0.126 e. The van der Waals surface area contributed by atoms with Crippen LogP contribution in [0.25, 0.3) is 0 Å². The second-order valence-electron chi connectivity index (χ2n) is 8.65. The molecule has 0 spiro atoms. The monoisotopic (exact) mass is 336 g/mol. The molecule has 3 aliphatic rings. The van der Waals surface area contributed by atoms with Crippen LogP contribution in [-0.2, 0) is 19.2 Å².